The third kappa shape index (κ3) is 5.02. The van der Waals surface area contributed by atoms with E-state index in [2.05, 4.69) is 10.0 Å². The molecule has 1 aromatic carbocycles. The van der Waals surface area contributed by atoms with E-state index in [1.54, 1.807) is 26.0 Å². The summed E-state index contributed by atoms with van der Waals surface area (Å²) in [6.45, 7) is 3.53. The van der Waals surface area contributed by atoms with Gasteiger partial charge >= 0.3 is 0 Å². The van der Waals surface area contributed by atoms with Gasteiger partial charge in [0.25, 0.3) is 0 Å². The molecule has 0 radical (unpaired) electrons. The molecule has 1 aliphatic carbocycles. The van der Waals surface area contributed by atoms with Crippen molar-refractivity contribution >= 4 is 21.6 Å². The number of rotatable bonds is 5. The van der Waals surface area contributed by atoms with Gasteiger partial charge in [-0.1, -0.05) is 6.42 Å². The number of hydrogen-bond acceptors (Lipinski definition) is 4. The summed E-state index contributed by atoms with van der Waals surface area (Å²) in [5.74, 6) is -0.110. The summed E-state index contributed by atoms with van der Waals surface area (Å²) in [6.07, 6.45) is 3.50. The first kappa shape index (κ1) is 17.9. The quantitative estimate of drug-likeness (QED) is 0.761. The van der Waals surface area contributed by atoms with Crippen LogP contribution in [0.25, 0.3) is 0 Å². The fourth-order valence-corrected chi connectivity index (χ4v) is 4.06. The summed E-state index contributed by atoms with van der Waals surface area (Å²) in [6, 6.07) is 6.12. The maximum atomic E-state index is 12.2. The molecule has 0 aromatic heterocycles. The second kappa shape index (κ2) is 7.42. The molecule has 0 bridgehead atoms. The zero-order chi connectivity index (χ0) is 17.0. The Hall–Kier alpha value is -1.44. The lowest BCUT2D eigenvalue weighted by Gasteiger charge is -2.25. The molecule has 1 aromatic rings. The minimum Gasteiger partial charge on any atom is -0.328 e. The first-order valence-corrected chi connectivity index (χ1v) is 9.45. The third-order valence-electron chi connectivity index (χ3n) is 3.91. The van der Waals surface area contributed by atoms with Crippen LogP contribution in [-0.2, 0) is 14.8 Å². The average molecular weight is 339 g/mol. The first-order valence-electron chi connectivity index (χ1n) is 7.97. The highest BCUT2D eigenvalue weighted by Gasteiger charge is 2.25. The van der Waals surface area contributed by atoms with E-state index in [1.165, 1.54) is 12.1 Å². The lowest BCUT2D eigenvalue weighted by molar-refractivity contribution is -0.120. The first-order chi connectivity index (χ1) is 10.8. The number of nitrogens with one attached hydrogen (secondary N) is 2. The fraction of sp³-hybridized carbons (Fsp3) is 0.562. The lowest BCUT2D eigenvalue weighted by Crippen LogP contribution is -2.34. The van der Waals surface area contributed by atoms with Crippen molar-refractivity contribution in [3.63, 3.8) is 0 Å². The van der Waals surface area contributed by atoms with Crippen molar-refractivity contribution < 1.29 is 13.2 Å². The second-order valence-corrected chi connectivity index (χ2v) is 8.13. The zero-order valence-corrected chi connectivity index (χ0v) is 14.4. The Labute approximate surface area is 137 Å². The molecule has 6 nitrogen and oxygen atoms in total. The van der Waals surface area contributed by atoms with E-state index in [0.717, 1.165) is 19.3 Å². The highest BCUT2D eigenvalue weighted by Crippen LogP contribution is 2.24. The molecule has 1 amide bonds. The molecular weight excluding hydrogens is 314 g/mol. The lowest BCUT2D eigenvalue weighted by atomic mass is 9.85. The number of anilines is 1. The van der Waals surface area contributed by atoms with Crippen LogP contribution in [0.15, 0.2) is 29.2 Å². The van der Waals surface area contributed by atoms with E-state index in [0.29, 0.717) is 12.1 Å². The van der Waals surface area contributed by atoms with Gasteiger partial charge in [0.1, 0.15) is 0 Å². The molecule has 0 spiro atoms. The number of carbonyl (C=O) groups is 1. The van der Waals surface area contributed by atoms with Gasteiger partial charge in [-0.3, -0.25) is 4.79 Å². The van der Waals surface area contributed by atoms with Gasteiger partial charge in [-0.25, -0.2) is 13.1 Å². The summed E-state index contributed by atoms with van der Waals surface area (Å²) >= 11 is 0. The van der Waals surface area contributed by atoms with Crippen LogP contribution in [-0.4, -0.2) is 26.4 Å². The molecule has 0 heterocycles. The number of hydrogen-bond donors (Lipinski definition) is 3. The highest BCUT2D eigenvalue weighted by molar-refractivity contribution is 7.89. The molecule has 1 fully saturated rings. The van der Waals surface area contributed by atoms with E-state index in [-0.39, 0.29) is 28.8 Å². The average Bonchev–Trinajstić information content (AvgIpc) is 2.46. The van der Waals surface area contributed by atoms with Crippen molar-refractivity contribution in [3.05, 3.63) is 24.3 Å². The Morgan fingerprint density at radius 3 is 2.43 bits per heavy atom. The Bertz CT molecular complexity index is 641. The topological polar surface area (TPSA) is 101 Å². The van der Waals surface area contributed by atoms with E-state index < -0.39 is 10.0 Å². The Balaban J connectivity index is 2.01. The predicted molar refractivity (Wildman–Crippen MR) is 90.5 cm³/mol. The molecule has 7 heteroatoms. The second-order valence-electron chi connectivity index (χ2n) is 6.41. The molecular formula is C16H25N3O3S. The maximum Gasteiger partial charge on any atom is 0.240 e. The molecule has 23 heavy (non-hydrogen) atoms. The van der Waals surface area contributed by atoms with E-state index in [1.807, 2.05) is 0 Å². The molecule has 2 atom stereocenters. The van der Waals surface area contributed by atoms with Crippen LogP contribution < -0.4 is 15.8 Å². The molecule has 2 unspecified atom stereocenters. The smallest absolute Gasteiger partial charge is 0.240 e. The molecule has 1 saturated carbocycles. The number of nitrogens with two attached hydrogens (primary N) is 1. The highest BCUT2D eigenvalue weighted by atomic mass is 32.2. The SMILES string of the molecule is CC(C)NS(=O)(=O)c1ccc(NC(=O)C2CCCC(N)C2)cc1. The summed E-state index contributed by atoms with van der Waals surface area (Å²) in [7, 11) is -3.51. The van der Waals surface area contributed by atoms with E-state index in [9.17, 15) is 13.2 Å². The maximum absolute atomic E-state index is 12.2. The van der Waals surface area contributed by atoms with Gasteiger partial charge in [0.05, 0.1) is 4.90 Å². The Kier molecular flexibility index (Phi) is 5.78. The van der Waals surface area contributed by atoms with Crippen LogP contribution in [0.4, 0.5) is 5.69 Å². The summed E-state index contributed by atoms with van der Waals surface area (Å²) in [5, 5.41) is 2.84. The van der Waals surface area contributed by atoms with Crippen LogP contribution in [0, 0.1) is 5.92 Å². The predicted octanol–water partition coefficient (Wildman–Crippen LogP) is 1.83. The van der Waals surface area contributed by atoms with Gasteiger partial charge in [-0.05, 0) is 57.4 Å². The van der Waals surface area contributed by atoms with E-state index in [4.69, 9.17) is 5.73 Å². The summed E-state index contributed by atoms with van der Waals surface area (Å²) < 4.78 is 26.6. The van der Waals surface area contributed by atoms with Crippen LogP contribution in [0.2, 0.25) is 0 Å². The normalized spacial score (nSPS) is 22.1. The molecule has 1 aliphatic rings. The van der Waals surface area contributed by atoms with Crippen molar-refractivity contribution in [1.82, 2.24) is 4.72 Å². The number of carbonyl (C=O) groups excluding carboxylic acids is 1. The monoisotopic (exact) mass is 339 g/mol. The van der Waals surface area contributed by atoms with Crippen molar-refractivity contribution in [2.75, 3.05) is 5.32 Å². The third-order valence-corrected chi connectivity index (χ3v) is 5.58. The van der Waals surface area contributed by atoms with Crippen molar-refractivity contribution in [2.45, 2.75) is 56.5 Å². The molecule has 0 saturated heterocycles. The minimum absolute atomic E-state index is 0.0453. The zero-order valence-electron chi connectivity index (χ0n) is 13.6. The van der Waals surface area contributed by atoms with Crippen LogP contribution in [0.5, 0.6) is 0 Å². The van der Waals surface area contributed by atoms with Gasteiger partial charge < -0.3 is 11.1 Å². The van der Waals surface area contributed by atoms with Crippen LogP contribution in [0.3, 0.4) is 0 Å². The van der Waals surface area contributed by atoms with Crippen molar-refractivity contribution in [1.29, 1.82) is 0 Å². The van der Waals surface area contributed by atoms with E-state index >= 15 is 0 Å². The molecule has 0 aliphatic heterocycles. The molecule has 2 rings (SSSR count). The number of amides is 1. The number of benzene rings is 1. The van der Waals surface area contributed by atoms with Crippen LogP contribution in [0.1, 0.15) is 39.5 Å². The summed E-state index contributed by atoms with van der Waals surface area (Å²) in [5.41, 5.74) is 6.51. The fourth-order valence-electron chi connectivity index (χ4n) is 2.81. The number of sulfonamides is 1. The Morgan fingerprint density at radius 2 is 1.87 bits per heavy atom. The van der Waals surface area contributed by atoms with Gasteiger partial charge in [-0.15, -0.1) is 0 Å². The van der Waals surface area contributed by atoms with Gasteiger partial charge in [0.15, 0.2) is 0 Å². The van der Waals surface area contributed by atoms with Gasteiger partial charge in [0.2, 0.25) is 15.9 Å². The van der Waals surface area contributed by atoms with Crippen LogP contribution >= 0.6 is 0 Å². The molecule has 128 valence electrons. The molecule has 4 N–H and O–H groups in total. The Morgan fingerprint density at radius 1 is 1.22 bits per heavy atom. The largest absolute Gasteiger partial charge is 0.328 e. The van der Waals surface area contributed by atoms with Gasteiger partial charge in [-0.2, -0.15) is 0 Å². The summed E-state index contributed by atoms with van der Waals surface area (Å²) in [4.78, 5) is 12.4. The van der Waals surface area contributed by atoms with Gasteiger partial charge in [0, 0.05) is 23.7 Å². The van der Waals surface area contributed by atoms with Crippen molar-refractivity contribution in [2.24, 2.45) is 11.7 Å². The standard InChI is InChI=1S/C16H25N3O3S/c1-11(2)19-23(21,22)15-8-6-14(7-9-15)18-16(20)12-4-3-5-13(17)10-12/h6-9,11-13,19H,3-5,10,17H2,1-2H3,(H,18,20). The minimum atomic E-state index is -3.51. The van der Waals surface area contributed by atoms with Crippen molar-refractivity contribution in [3.8, 4) is 0 Å².